The first-order chi connectivity index (χ1) is 7.88. The molecule has 0 heterocycles. The number of aliphatic carboxylic acids is 1. The number of phenols is 1. The van der Waals surface area contributed by atoms with E-state index < -0.39 is 30.0 Å². The van der Waals surface area contributed by atoms with Crippen molar-refractivity contribution in [2.75, 3.05) is 7.11 Å². The minimum absolute atomic E-state index is 0.0550. The quantitative estimate of drug-likeness (QED) is 0.788. The van der Waals surface area contributed by atoms with Gasteiger partial charge in [-0.05, 0) is 6.07 Å². The van der Waals surface area contributed by atoms with Crippen molar-refractivity contribution < 1.29 is 24.1 Å². The van der Waals surface area contributed by atoms with Crippen molar-refractivity contribution in [2.24, 2.45) is 5.73 Å². The lowest BCUT2D eigenvalue weighted by molar-refractivity contribution is -0.137. The second-order valence-corrected chi connectivity index (χ2v) is 4.20. The number of aromatic hydroxyl groups is 1. The van der Waals surface area contributed by atoms with E-state index in [2.05, 4.69) is 15.9 Å². The van der Waals surface area contributed by atoms with Gasteiger partial charge < -0.3 is 20.7 Å². The van der Waals surface area contributed by atoms with Crippen LogP contribution in [0.3, 0.4) is 0 Å². The third-order valence-corrected chi connectivity index (χ3v) is 2.83. The molecule has 0 spiro atoms. The van der Waals surface area contributed by atoms with Gasteiger partial charge >= 0.3 is 5.97 Å². The molecule has 17 heavy (non-hydrogen) atoms. The Morgan fingerprint density at radius 1 is 1.71 bits per heavy atom. The minimum atomic E-state index is -1.15. The number of carboxylic acids is 1. The summed E-state index contributed by atoms with van der Waals surface area (Å²) in [5.41, 5.74) is 5.46. The number of halogens is 2. The van der Waals surface area contributed by atoms with E-state index in [4.69, 9.17) is 15.6 Å². The first kappa shape index (κ1) is 13.7. The SMILES string of the molecule is COc1cc(Br)c(C(N)CC(=O)O)c(F)c1O. The molecule has 0 aliphatic rings. The number of ether oxygens (including phenoxy) is 1. The van der Waals surface area contributed by atoms with Crippen LogP contribution in [0.5, 0.6) is 11.5 Å². The summed E-state index contributed by atoms with van der Waals surface area (Å²) in [6, 6.07) is 0.272. The number of phenolic OH excluding ortho intramolecular Hbond substituents is 1. The van der Waals surface area contributed by atoms with Gasteiger partial charge in [0.15, 0.2) is 17.3 Å². The molecule has 0 amide bonds. The number of methoxy groups -OCH3 is 1. The van der Waals surface area contributed by atoms with Crippen molar-refractivity contribution in [1.82, 2.24) is 0 Å². The lowest BCUT2D eigenvalue weighted by Gasteiger charge is -2.15. The van der Waals surface area contributed by atoms with E-state index in [0.29, 0.717) is 0 Å². The van der Waals surface area contributed by atoms with Crippen molar-refractivity contribution in [2.45, 2.75) is 12.5 Å². The van der Waals surface area contributed by atoms with Gasteiger partial charge in [-0.1, -0.05) is 15.9 Å². The highest BCUT2D eigenvalue weighted by Crippen LogP contribution is 2.38. The standard InChI is InChI=1S/C10H11BrFNO4/c1-17-6-2-4(11)8(9(12)10(6)16)5(13)3-7(14)15/h2,5,16H,3,13H2,1H3,(H,14,15). The first-order valence-corrected chi connectivity index (χ1v) is 5.40. The van der Waals surface area contributed by atoms with Crippen LogP contribution in [0.2, 0.25) is 0 Å². The van der Waals surface area contributed by atoms with Crippen LogP contribution >= 0.6 is 15.9 Å². The molecule has 0 aliphatic heterocycles. The molecule has 0 radical (unpaired) electrons. The maximum absolute atomic E-state index is 13.8. The Morgan fingerprint density at radius 3 is 2.76 bits per heavy atom. The molecule has 0 saturated carbocycles. The van der Waals surface area contributed by atoms with E-state index in [1.54, 1.807) is 0 Å². The predicted octanol–water partition coefficient (Wildman–Crippen LogP) is 1.78. The van der Waals surface area contributed by atoms with Crippen LogP contribution in [-0.4, -0.2) is 23.3 Å². The number of rotatable bonds is 4. The third kappa shape index (κ3) is 2.86. The van der Waals surface area contributed by atoms with Crippen molar-refractivity contribution >= 4 is 21.9 Å². The molecular weight excluding hydrogens is 297 g/mol. The Labute approximate surface area is 105 Å². The molecule has 0 aliphatic carbocycles. The van der Waals surface area contributed by atoms with Gasteiger partial charge in [-0.3, -0.25) is 4.79 Å². The molecule has 1 aromatic rings. The number of benzene rings is 1. The summed E-state index contributed by atoms with van der Waals surface area (Å²) < 4.78 is 18.8. The van der Waals surface area contributed by atoms with E-state index in [9.17, 15) is 14.3 Å². The van der Waals surface area contributed by atoms with Crippen LogP contribution in [-0.2, 0) is 4.79 Å². The normalized spacial score (nSPS) is 12.2. The molecule has 0 saturated heterocycles. The number of hydrogen-bond donors (Lipinski definition) is 3. The van der Waals surface area contributed by atoms with Crippen LogP contribution in [0.4, 0.5) is 4.39 Å². The second-order valence-electron chi connectivity index (χ2n) is 3.34. The van der Waals surface area contributed by atoms with Crippen molar-refractivity contribution in [3.8, 4) is 11.5 Å². The Kier molecular flexibility index (Phi) is 4.30. The predicted molar refractivity (Wildman–Crippen MR) is 61.5 cm³/mol. The van der Waals surface area contributed by atoms with Crippen molar-refractivity contribution in [3.63, 3.8) is 0 Å². The van der Waals surface area contributed by atoms with Gasteiger partial charge in [0.2, 0.25) is 0 Å². The summed E-state index contributed by atoms with van der Waals surface area (Å²) in [7, 11) is 1.28. The number of hydrogen-bond acceptors (Lipinski definition) is 4. The molecule has 0 fully saturated rings. The van der Waals surface area contributed by atoms with Gasteiger partial charge in [-0.15, -0.1) is 0 Å². The molecule has 0 aromatic heterocycles. The van der Waals surface area contributed by atoms with E-state index >= 15 is 0 Å². The zero-order valence-electron chi connectivity index (χ0n) is 8.91. The van der Waals surface area contributed by atoms with Crippen LogP contribution in [0.25, 0.3) is 0 Å². The fourth-order valence-corrected chi connectivity index (χ4v) is 2.06. The second kappa shape index (κ2) is 5.33. The number of nitrogens with two attached hydrogens (primary N) is 1. The van der Waals surface area contributed by atoms with Gasteiger partial charge in [-0.25, -0.2) is 4.39 Å². The highest BCUT2D eigenvalue weighted by Gasteiger charge is 2.23. The highest BCUT2D eigenvalue weighted by atomic mass is 79.9. The lowest BCUT2D eigenvalue weighted by atomic mass is 10.0. The van der Waals surface area contributed by atoms with Gasteiger partial charge in [0.05, 0.1) is 13.5 Å². The molecule has 0 bridgehead atoms. The van der Waals surface area contributed by atoms with E-state index in [0.717, 1.165) is 0 Å². The summed E-state index contributed by atoms with van der Waals surface area (Å²) >= 11 is 3.06. The maximum atomic E-state index is 13.8. The number of carboxylic acid groups (broad SMARTS) is 1. The molecule has 1 aromatic carbocycles. The topological polar surface area (TPSA) is 92.8 Å². The van der Waals surface area contributed by atoms with Gasteiger partial charge in [0, 0.05) is 16.1 Å². The van der Waals surface area contributed by atoms with Gasteiger partial charge in [0.1, 0.15) is 0 Å². The van der Waals surface area contributed by atoms with Crippen molar-refractivity contribution in [1.29, 1.82) is 0 Å². The molecule has 7 heteroatoms. The summed E-state index contributed by atoms with van der Waals surface area (Å²) in [6.45, 7) is 0. The summed E-state index contributed by atoms with van der Waals surface area (Å²) in [5, 5.41) is 18.1. The minimum Gasteiger partial charge on any atom is -0.502 e. The van der Waals surface area contributed by atoms with Gasteiger partial charge in [0.25, 0.3) is 0 Å². The number of carbonyl (C=O) groups is 1. The van der Waals surface area contributed by atoms with Crippen molar-refractivity contribution in [3.05, 3.63) is 21.9 Å². The Balaban J connectivity index is 3.25. The Hall–Kier alpha value is -1.34. The average Bonchev–Trinajstić information content (AvgIpc) is 2.22. The summed E-state index contributed by atoms with van der Waals surface area (Å²) in [6.07, 6.45) is -0.443. The smallest absolute Gasteiger partial charge is 0.305 e. The lowest BCUT2D eigenvalue weighted by Crippen LogP contribution is -2.17. The molecule has 1 atom stereocenters. The largest absolute Gasteiger partial charge is 0.502 e. The van der Waals surface area contributed by atoms with E-state index in [-0.39, 0.29) is 15.8 Å². The van der Waals surface area contributed by atoms with Crippen LogP contribution in [0, 0.1) is 5.82 Å². The maximum Gasteiger partial charge on any atom is 0.305 e. The molecular formula is C10H11BrFNO4. The van der Waals surface area contributed by atoms with Gasteiger partial charge in [-0.2, -0.15) is 0 Å². The molecule has 1 unspecified atom stereocenters. The summed E-state index contributed by atoms with van der Waals surface area (Å²) in [4.78, 5) is 10.5. The average molecular weight is 308 g/mol. The molecule has 94 valence electrons. The zero-order chi connectivity index (χ0) is 13.2. The van der Waals surface area contributed by atoms with E-state index in [1.165, 1.54) is 13.2 Å². The fourth-order valence-electron chi connectivity index (χ4n) is 1.39. The monoisotopic (exact) mass is 307 g/mol. The first-order valence-electron chi connectivity index (χ1n) is 4.60. The Morgan fingerprint density at radius 2 is 2.29 bits per heavy atom. The van der Waals surface area contributed by atoms with Crippen LogP contribution < -0.4 is 10.5 Å². The highest BCUT2D eigenvalue weighted by molar-refractivity contribution is 9.10. The third-order valence-electron chi connectivity index (χ3n) is 2.18. The summed E-state index contributed by atoms with van der Waals surface area (Å²) in [5.74, 6) is -2.88. The zero-order valence-corrected chi connectivity index (χ0v) is 10.5. The van der Waals surface area contributed by atoms with Crippen LogP contribution in [0.15, 0.2) is 10.5 Å². The van der Waals surface area contributed by atoms with E-state index in [1.807, 2.05) is 0 Å². The molecule has 4 N–H and O–H groups in total. The molecule has 1 rings (SSSR count). The fraction of sp³-hybridized carbons (Fsp3) is 0.300. The Bertz CT molecular complexity index is 452. The van der Waals surface area contributed by atoms with Crippen LogP contribution in [0.1, 0.15) is 18.0 Å². The molecule has 5 nitrogen and oxygen atoms in total.